The molecule has 16 heavy (non-hydrogen) atoms. The van der Waals surface area contributed by atoms with Crippen LogP contribution < -0.4 is 10.5 Å². The van der Waals surface area contributed by atoms with Gasteiger partial charge in [0.15, 0.2) is 11.6 Å². The van der Waals surface area contributed by atoms with Crippen molar-refractivity contribution in [2.24, 2.45) is 0 Å². The van der Waals surface area contributed by atoms with E-state index in [4.69, 9.17) is 10.5 Å². The van der Waals surface area contributed by atoms with E-state index in [0.29, 0.717) is 22.8 Å². The number of phenolic OH excluding ortho intramolecular Hbond substituents is 1. The Morgan fingerprint density at radius 3 is 2.75 bits per heavy atom. The molecule has 0 atom stereocenters. The van der Waals surface area contributed by atoms with Crippen LogP contribution in [0.1, 0.15) is 0 Å². The van der Waals surface area contributed by atoms with Crippen LogP contribution in [-0.2, 0) is 0 Å². The second kappa shape index (κ2) is 3.73. The number of nitrogens with two attached hydrogens (primary N) is 1. The van der Waals surface area contributed by atoms with Crippen LogP contribution in [-0.4, -0.2) is 22.4 Å². The average molecular weight is 223 g/mol. The number of aromatic hydroxyl groups is 1. The molecule has 0 unspecified atom stereocenters. The molecule has 84 valence electrons. The fourth-order valence-corrected chi connectivity index (χ4v) is 1.40. The fraction of sp³-hybridized carbons (Fsp3) is 0.100. The smallest absolute Gasteiger partial charge is 0.168 e. The maximum Gasteiger partial charge on any atom is 0.168 e. The third-order valence-electron chi connectivity index (χ3n) is 2.16. The van der Waals surface area contributed by atoms with Crippen LogP contribution in [0.2, 0.25) is 0 Å². The lowest BCUT2D eigenvalue weighted by Crippen LogP contribution is -1.90. The van der Waals surface area contributed by atoms with Gasteiger partial charge in [-0.25, -0.2) is 4.39 Å². The number of nitrogens with one attached hydrogen (secondary N) is 1. The van der Waals surface area contributed by atoms with Gasteiger partial charge >= 0.3 is 0 Å². The van der Waals surface area contributed by atoms with Gasteiger partial charge in [-0.1, -0.05) is 0 Å². The van der Waals surface area contributed by atoms with Gasteiger partial charge in [0.1, 0.15) is 11.6 Å². The van der Waals surface area contributed by atoms with Crippen LogP contribution >= 0.6 is 0 Å². The molecule has 4 N–H and O–H groups in total. The second-order valence-corrected chi connectivity index (χ2v) is 3.21. The van der Waals surface area contributed by atoms with E-state index in [9.17, 15) is 9.50 Å². The maximum atomic E-state index is 13.1. The summed E-state index contributed by atoms with van der Waals surface area (Å²) in [6.45, 7) is 0. The zero-order valence-corrected chi connectivity index (χ0v) is 8.49. The quantitative estimate of drug-likeness (QED) is 0.720. The van der Waals surface area contributed by atoms with Crippen molar-refractivity contribution in [3.63, 3.8) is 0 Å². The Kier molecular flexibility index (Phi) is 2.40. The molecule has 0 saturated heterocycles. The molecule has 0 aliphatic heterocycles. The van der Waals surface area contributed by atoms with Crippen LogP contribution in [0.15, 0.2) is 18.2 Å². The number of nitrogen functional groups attached to an aromatic ring is 1. The lowest BCUT2D eigenvalue weighted by molar-refractivity contribution is 0.401. The lowest BCUT2D eigenvalue weighted by Gasteiger charge is -2.07. The van der Waals surface area contributed by atoms with Crippen LogP contribution in [0.3, 0.4) is 0 Å². The molecule has 2 rings (SSSR count). The minimum Gasteiger partial charge on any atom is -0.505 e. The Morgan fingerprint density at radius 2 is 2.19 bits per heavy atom. The van der Waals surface area contributed by atoms with Crippen molar-refractivity contribution in [2.75, 3.05) is 12.8 Å². The van der Waals surface area contributed by atoms with Gasteiger partial charge in [0.25, 0.3) is 0 Å². The highest BCUT2D eigenvalue weighted by molar-refractivity contribution is 5.70. The van der Waals surface area contributed by atoms with Gasteiger partial charge < -0.3 is 15.6 Å². The number of benzene rings is 1. The van der Waals surface area contributed by atoms with E-state index < -0.39 is 11.6 Å². The Bertz CT molecular complexity index is 525. The number of nitrogens with zero attached hydrogens (tertiary/aromatic N) is 1. The summed E-state index contributed by atoms with van der Waals surface area (Å²) >= 11 is 0. The number of hydrogen-bond donors (Lipinski definition) is 3. The number of anilines is 1. The van der Waals surface area contributed by atoms with Gasteiger partial charge in [0.05, 0.1) is 12.8 Å². The first-order valence-electron chi connectivity index (χ1n) is 4.49. The molecule has 0 amide bonds. The summed E-state index contributed by atoms with van der Waals surface area (Å²) in [5, 5.41) is 15.7. The molecular formula is C10H10FN3O2. The van der Waals surface area contributed by atoms with E-state index in [1.165, 1.54) is 13.2 Å². The number of rotatable bonds is 2. The summed E-state index contributed by atoms with van der Waals surface area (Å²) in [7, 11) is 1.41. The molecule has 0 saturated carbocycles. The van der Waals surface area contributed by atoms with E-state index in [1.54, 1.807) is 6.07 Å². The summed E-state index contributed by atoms with van der Waals surface area (Å²) in [6.07, 6.45) is 0. The maximum absolute atomic E-state index is 13.1. The third kappa shape index (κ3) is 1.65. The molecule has 0 spiro atoms. The van der Waals surface area contributed by atoms with Crippen molar-refractivity contribution in [1.82, 2.24) is 10.2 Å². The second-order valence-electron chi connectivity index (χ2n) is 3.21. The standard InChI is InChI=1S/C10H10FN3O2/c1-16-9-3-6(11)8(15)2-5(9)7-4-10(12)14-13-7/h2-4,15H,1H3,(H3,12,13,14). The number of halogens is 1. The number of H-pyrrole nitrogens is 1. The summed E-state index contributed by atoms with van der Waals surface area (Å²) < 4.78 is 18.1. The molecule has 0 aliphatic carbocycles. The Hall–Kier alpha value is -2.24. The molecule has 0 aliphatic rings. The minimum absolute atomic E-state index is 0.291. The molecule has 1 aromatic carbocycles. The van der Waals surface area contributed by atoms with E-state index in [2.05, 4.69) is 10.2 Å². The topological polar surface area (TPSA) is 84.2 Å². The Labute approximate surface area is 90.7 Å². The SMILES string of the molecule is COc1cc(F)c(O)cc1-c1cc(N)n[nH]1. The van der Waals surface area contributed by atoms with Crippen molar-refractivity contribution < 1.29 is 14.2 Å². The molecule has 2 aromatic rings. The normalized spacial score (nSPS) is 10.4. The van der Waals surface area contributed by atoms with Gasteiger partial charge in [0, 0.05) is 17.7 Å². The molecule has 6 heteroatoms. The minimum atomic E-state index is -0.743. The van der Waals surface area contributed by atoms with Crippen molar-refractivity contribution in [2.45, 2.75) is 0 Å². The fourth-order valence-electron chi connectivity index (χ4n) is 1.40. The highest BCUT2D eigenvalue weighted by Gasteiger charge is 2.13. The van der Waals surface area contributed by atoms with Gasteiger partial charge in [-0.05, 0) is 6.07 Å². The number of aromatic amines is 1. The summed E-state index contributed by atoms with van der Waals surface area (Å²) in [5.74, 6) is -0.600. The molecular weight excluding hydrogens is 213 g/mol. The van der Waals surface area contributed by atoms with Crippen LogP contribution in [0.4, 0.5) is 10.2 Å². The van der Waals surface area contributed by atoms with Crippen molar-refractivity contribution >= 4 is 5.82 Å². The molecule has 0 fully saturated rings. The Morgan fingerprint density at radius 1 is 1.44 bits per heavy atom. The predicted octanol–water partition coefficient (Wildman–Crippen LogP) is 1.51. The first-order chi connectivity index (χ1) is 7.61. The van der Waals surface area contributed by atoms with Crippen LogP contribution in [0.25, 0.3) is 11.3 Å². The molecule has 5 nitrogen and oxygen atoms in total. The lowest BCUT2D eigenvalue weighted by atomic mass is 10.1. The summed E-state index contributed by atoms with van der Waals surface area (Å²) in [5.41, 5.74) is 6.49. The highest BCUT2D eigenvalue weighted by atomic mass is 19.1. The van der Waals surface area contributed by atoms with Gasteiger partial charge in [0.2, 0.25) is 0 Å². The van der Waals surface area contributed by atoms with Gasteiger partial charge in [-0.2, -0.15) is 5.10 Å². The number of aromatic nitrogens is 2. The number of phenols is 1. The molecule has 1 heterocycles. The number of methoxy groups -OCH3 is 1. The van der Waals surface area contributed by atoms with Crippen molar-refractivity contribution in [1.29, 1.82) is 0 Å². The predicted molar refractivity (Wildman–Crippen MR) is 56.6 cm³/mol. The zero-order chi connectivity index (χ0) is 11.7. The first-order valence-corrected chi connectivity index (χ1v) is 4.49. The average Bonchev–Trinajstić information content (AvgIpc) is 2.68. The number of ether oxygens (including phenoxy) is 1. The monoisotopic (exact) mass is 223 g/mol. The summed E-state index contributed by atoms with van der Waals surface area (Å²) in [4.78, 5) is 0. The van der Waals surface area contributed by atoms with Crippen molar-refractivity contribution in [3.05, 3.63) is 24.0 Å². The Balaban J connectivity index is 2.59. The van der Waals surface area contributed by atoms with E-state index in [0.717, 1.165) is 6.07 Å². The zero-order valence-electron chi connectivity index (χ0n) is 8.49. The van der Waals surface area contributed by atoms with E-state index >= 15 is 0 Å². The van der Waals surface area contributed by atoms with E-state index in [-0.39, 0.29) is 0 Å². The highest BCUT2D eigenvalue weighted by Crippen LogP contribution is 2.34. The van der Waals surface area contributed by atoms with E-state index in [1.807, 2.05) is 0 Å². The van der Waals surface area contributed by atoms with Crippen LogP contribution in [0.5, 0.6) is 11.5 Å². The molecule has 1 aromatic heterocycles. The van der Waals surface area contributed by atoms with Crippen molar-refractivity contribution in [3.8, 4) is 22.8 Å². The first kappa shape index (κ1) is 10.3. The van der Waals surface area contributed by atoms with Gasteiger partial charge in [-0.3, -0.25) is 5.10 Å². The van der Waals surface area contributed by atoms with Crippen LogP contribution in [0, 0.1) is 5.82 Å². The van der Waals surface area contributed by atoms with Gasteiger partial charge in [-0.15, -0.1) is 0 Å². The molecule has 0 bridgehead atoms. The molecule has 0 radical (unpaired) electrons. The number of hydrogen-bond acceptors (Lipinski definition) is 4. The largest absolute Gasteiger partial charge is 0.505 e. The third-order valence-corrected chi connectivity index (χ3v) is 2.16. The summed E-state index contributed by atoms with van der Waals surface area (Å²) in [6, 6.07) is 3.91.